The van der Waals surface area contributed by atoms with E-state index in [1.54, 1.807) is 11.3 Å². The molecule has 7 heteroatoms. The number of rotatable bonds is 7. The molecule has 0 aliphatic heterocycles. The van der Waals surface area contributed by atoms with Gasteiger partial charge in [0.15, 0.2) is 0 Å². The molecule has 154 valence electrons. The lowest BCUT2D eigenvalue weighted by molar-refractivity contribution is -0.116. The molecule has 6 nitrogen and oxygen atoms in total. The molecule has 0 aliphatic rings. The Morgan fingerprint density at radius 2 is 1.94 bits per heavy atom. The van der Waals surface area contributed by atoms with E-state index in [2.05, 4.69) is 15.3 Å². The lowest BCUT2D eigenvalue weighted by Gasteiger charge is -2.08. The van der Waals surface area contributed by atoms with Crippen molar-refractivity contribution in [3.63, 3.8) is 0 Å². The monoisotopic (exact) mass is 428 g/mol. The van der Waals surface area contributed by atoms with E-state index in [0.29, 0.717) is 30.9 Å². The van der Waals surface area contributed by atoms with Gasteiger partial charge in [0.1, 0.15) is 18.0 Å². The first kappa shape index (κ1) is 19.3. The molecule has 1 amide bonds. The SMILES string of the molecule is O=C(CCc1nc2ccccc2s1)Nc1cccc(OCc2cn3ccccc3n2)c1. The second-order valence-corrected chi connectivity index (χ2v) is 8.25. The number of carbonyl (C=O) groups excluding carboxylic acids is 1. The Hall–Kier alpha value is -3.71. The maximum absolute atomic E-state index is 12.4. The van der Waals surface area contributed by atoms with Crippen LogP contribution in [0.4, 0.5) is 5.69 Å². The van der Waals surface area contributed by atoms with Gasteiger partial charge in [0, 0.05) is 37.0 Å². The summed E-state index contributed by atoms with van der Waals surface area (Å²) in [6, 6.07) is 21.3. The van der Waals surface area contributed by atoms with Crippen LogP contribution in [0.3, 0.4) is 0 Å². The van der Waals surface area contributed by atoms with Crippen LogP contribution in [0.5, 0.6) is 5.75 Å². The number of nitrogens with one attached hydrogen (secondary N) is 1. The summed E-state index contributed by atoms with van der Waals surface area (Å²) in [6.07, 6.45) is 4.90. The maximum atomic E-state index is 12.4. The van der Waals surface area contributed by atoms with Crippen LogP contribution in [0.1, 0.15) is 17.1 Å². The molecule has 0 spiro atoms. The number of hydrogen-bond acceptors (Lipinski definition) is 5. The predicted molar refractivity (Wildman–Crippen MR) is 123 cm³/mol. The van der Waals surface area contributed by atoms with Gasteiger partial charge in [0.05, 0.1) is 20.9 Å². The number of amides is 1. The minimum absolute atomic E-state index is 0.0447. The van der Waals surface area contributed by atoms with Gasteiger partial charge in [-0.05, 0) is 36.4 Å². The van der Waals surface area contributed by atoms with Crippen LogP contribution in [-0.2, 0) is 17.8 Å². The predicted octanol–water partition coefficient (Wildman–Crippen LogP) is 5.09. The molecule has 5 rings (SSSR count). The van der Waals surface area contributed by atoms with Gasteiger partial charge in [0.25, 0.3) is 0 Å². The average Bonchev–Trinajstić information content (AvgIpc) is 3.40. The van der Waals surface area contributed by atoms with Gasteiger partial charge in [-0.15, -0.1) is 11.3 Å². The number of nitrogens with zero attached hydrogens (tertiary/aromatic N) is 3. The fourth-order valence-corrected chi connectivity index (χ4v) is 4.32. The van der Waals surface area contributed by atoms with Crippen LogP contribution in [-0.4, -0.2) is 20.3 Å². The van der Waals surface area contributed by atoms with Gasteiger partial charge in [-0.2, -0.15) is 0 Å². The third kappa shape index (κ3) is 4.57. The number of aryl methyl sites for hydroxylation is 1. The average molecular weight is 429 g/mol. The summed E-state index contributed by atoms with van der Waals surface area (Å²) in [6.45, 7) is 0.358. The Balaban J connectivity index is 1.17. The topological polar surface area (TPSA) is 68.5 Å². The Labute approximate surface area is 183 Å². The molecule has 2 aromatic carbocycles. The Bertz CT molecular complexity index is 1290. The zero-order chi connectivity index (χ0) is 21.0. The fraction of sp³-hybridized carbons (Fsp3) is 0.125. The minimum atomic E-state index is -0.0447. The van der Waals surface area contributed by atoms with Gasteiger partial charge in [-0.25, -0.2) is 9.97 Å². The number of para-hydroxylation sites is 1. The van der Waals surface area contributed by atoms with Gasteiger partial charge >= 0.3 is 0 Å². The Morgan fingerprint density at radius 1 is 1.03 bits per heavy atom. The van der Waals surface area contributed by atoms with E-state index in [1.807, 2.05) is 83.5 Å². The molecular formula is C24H20N4O2S. The molecule has 0 bridgehead atoms. The van der Waals surface area contributed by atoms with Gasteiger partial charge in [-0.3, -0.25) is 4.79 Å². The number of thiazole rings is 1. The van der Waals surface area contributed by atoms with Gasteiger partial charge < -0.3 is 14.5 Å². The van der Waals surface area contributed by atoms with E-state index in [1.165, 1.54) is 0 Å². The van der Waals surface area contributed by atoms with Gasteiger partial charge in [-0.1, -0.05) is 24.3 Å². The van der Waals surface area contributed by atoms with Crippen LogP contribution < -0.4 is 10.1 Å². The molecule has 1 N–H and O–H groups in total. The van der Waals surface area contributed by atoms with Crippen LogP contribution >= 0.6 is 11.3 Å². The second kappa shape index (κ2) is 8.57. The normalized spacial score (nSPS) is 11.1. The van der Waals surface area contributed by atoms with E-state index in [-0.39, 0.29) is 5.91 Å². The number of carbonyl (C=O) groups is 1. The summed E-state index contributed by atoms with van der Waals surface area (Å²) in [5.74, 6) is 0.637. The first-order chi connectivity index (χ1) is 15.2. The van der Waals surface area contributed by atoms with Crippen molar-refractivity contribution in [3.8, 4) is 5.75 Å². The highest BCUT2D eigenvalue weighted by Gasteiger charge is 2.08. The van der Waals surface area contributed by atoms with E-state index >= 15 is 0 Å². The summed E-state index contributed by atoms with van der Waals surface area (Å²) in [5.41, 5.74) is 3.42. The zero-order valence-corrected chi connectivity index (χ0v) is 17.5. The Morgan fingerprint density at radius 3 is 2.84 bits per heavy atom. The van der Waals surface area contributed by atoms with E-state index in [0.717, 1.165) is 26.6 Å². The summed E-state index contributed by atoms with van der Waals surface area (Å²) in [4.78, 5) is 21.5. The van der Waals surface area contributed by atoms with Crippen molar-refractivity contribution in [3.05, 3.63) is 89.8 Å². The number of anilines is 1. The molecular weight excluding hydrogens is 408 g/mol. The lowest BCUT2D eigenvalue weighted by atomic mass is 10.2. The number of benzene rings is 2. The third-order valence-corrected chi connectivity index (χ3v) is 5.92. The van der Waals surface area contributed by atoms with Crippen molar-refractivity contribution >= 4 is 38.8 Å². The largest absolute Gasteiger partial charge is 0.487 e. The number of hydrogen-bond donors (Lipinski definition) is 1. The van der Waals surface area contributed by atoms with Crippen molar-refractivity contribution in [1.82, 2.24) is 14.4 Å². The van der Waals surface area contributed by atoms with E-state index in [4.69, 9.17) is 4.74 Å². The highest BCUT2D eigenvalue weighted by atomic mass is 32.1. The highest BCUT2D eigenvalue weighted by molar-refractivity contribution is 7.18. The molecule has 0 radical (unpaired) electrons. The van der Waals surface area contributed by atoms with Crippen LogP contribution in [0, 0.1) is 0 Å². The molecule has 0 saturated carbocycles. The molecule has 0 fully saturated rings. The summed E-state index contributed by atoms with van der Waals surface area (Å²) in [7, 11) is 0. The number of ether oxygens (including phenoxy) is 1. The summed E-state index contributed by atoms with van der Waals surface area (Å²) in [5, 5.41) is 3.92. The quantitative estimate of drug-likeness (QED) is 0.392. The van der Waals surface area contributed by atoms with E-state index in [9.17, 15) is 4.79 Å². The van der Waals surface area contributed by atoms with Crippen LogP contribution in [0.2, 0.25) is 0 Å². The molecule has 3 aromatic heterocycles. The number of aromatic nitrogens is 3. The molecule has 0 saturated heterocycles. The second-order valence-electron chi connectivity index (χ2n) is 7.14. The van der Waals surface area contributed by atoms with Crippen molar-refractivity contribution in [2.75, 3.05) is 5.32 Å². The van der Waals surface area contributed by atoms with Crippen molar-refractivity contribution in [2.45, 2.75) is 19.4 Å². The maximum Gasteiger partial charge on any atom is 0.224 e. The van der Waals surface area contributed by atoms with Crippen LogP contribution in [0.15, 0.2) is 79.1 Å². The molecule has 0 unspecified atom stereocenters. The van der Waals surface area contributed by atoms with Crippen molar-refractivity contribution in [2.24, 2.45) is 0 Å². The zero-order valence-electron chi connectivity index (χ0n) is 16.7. The number of fused-ring (bicyclic) bond motifs is 2. The molecule has 31 heavy (non-hydrogen) atoms. The van der Waals surface area contributed by atoms with Crippen molar-refractivity contribution in [1.29, 1.82) is 0 Å². The smallest absolute Gasteiger partial charge is 0.224 e. The third-order valence-electron chi connectivity index (χ3n) is 4.82. The minimum Gasteiger partial charge on any atom is -0.487 e. The van der Waals surface area contributed by atoms with Crippen LogP contribution in [0.25, 0.3) is 15.9 Å². The fourth-order valence-electron chi connectivity index (χ4n) is 3.35. The lowest BCUT2D eigenvalue weighted by Crippen LogP contribution is -2.12. The molecule has 0 aliphatic carbocycles. The van der Waals surface area contributed by atoms with Gasteiger partial charge in [0.2, 0.25) is 5.91 Å². The molecule has 0 atom stereocenters. The number of pyridine rings is 1. The first-order valence-corrected chi connectivity index (χ1v) is 10.8. The first-order valence-electron chi connectivity index (χ1n) is 10.0. The number of imidazole rings is 1. The molecule has 5 aromatic rings. The summed E-state index contributed by atoms with van der Waals surface area (Å²) < 4.78 is 8.98. The van der Waals surface area contributed by atoms with Crippen molar-refractivity contribution < 1.29 is 9.53 Å². The Kier molecular flexibility index (Phi) is 5.33. The molecule has 3 heterocycles. The van der Waals surface area contributed by atoms with E-state index < -0.39 is 0 Å². The summed E-state index contributed by atoms with van der Waals surface area (Å²) >= 11 is 1.64. The highest BCUT2D eigenvalue weighted by Crippen LogP contribution is 2.23. The standard InChI is InChI=1S/C24H20N4O2S/c29-23(11-12-24-27-20-8-1-2-9-21(20)31-24)26-17-6-5-7-19(14-17)30-16-18-15-28-13-4-3-10-22(28)25-18/h1-10,13-15H,11-12,16H2,(H,26,29).